The number of likely N-dealkylation sites (N-methyl/N-ethyl adjacent to an activating group) is 1. The second kappa shape index (κ2) is 9.41. The predicted octanol–water partition coefficient (Wildman–Crippen LogP) is 3.87. The molecule has 0 aliphatic carbocycles. The van der Waals surface area contributed by atoms with Crippen molar-refractivity contribution in [2.24, 2.45) is 17.6 Å². The Hall–Kier alpha value is -3.26. The third-order valence-corrected chi connectivity index (χ3v) is 7.49. The summed E-state index contributed by atoms with van der Waals surface area (Å²) >= 11 is 0. The number of nitrogens with two attached hydrogens (primary N) is 1. The van der Waals surface area contributed by atoms with Gasteiger partial charge in [0.2, 0.25) is 11.8 Å². The monoisotopic (exact) mass is 479 g/mol. The minimum Gasteiger partial charge on any atom is -0.368 e. The highest BCUT2D eigenvalue weighted by Crippen LogP contribution is 2.37. The maximum atomic E-state index is 13.9. The molecule has 3 N–H and O–H groups in total. The Labute approximate surface area is 205 Å². The number of nitrogens with zero attached hydrogens (tertiary/aromatic N) is 3. The zero-order valence-corrected chi connectivity index (χ0v) is 21.0. The van der Waals surface area contributed by atoms with Gasteiger partial charge in [-0.05, 0) is 81.1 Å². The molecule has 3 atom stereocenters. The number of primary amides is 1. The molecule has 0 spiro atoms. The molecule has 0 radical (unpaired) electrons. The molecule has 1 aromatic carbocycles. The van der Waals surface area contributed by atoms with Gasteiger partial charge in [-0.15, -0.1) is 0 Å². The van der Waals surface area contributed by atoms with Gasteiger partial charge in [0.05, 0.1) is 17.5 Å². The fourth-order valence-corrected chi connectivity index (χ4v) is 5.52. The first kappa shape index (κ1) is 24.9. The third kappa shape index (κ3) is 4.31. The SMILES string of the molecule is CNC(C)(C(N)=O)[C@@H](C(=O)N1CCC[C@H]1c1ccnc(-n2cc(C)c3cc(F)ccc32)c1)C(C)C. The van der Waals surface area contributed by atoms with Crippen molar-refractivity contribution in [2.45, 2.75) is 52.1 Å². The quantitative estimate of drug-likeness (QED) is 0.538. The van der Waals surface area contributed by atoms with Crippen molar-refractivity contribution < 1.29 is 14.0 Å². The number of pyridine rings is 1. The number of rotatable bonds is 7. The molecule has 3 heterocycles. The van der Waals surface area contributed by atoms with E-state index in [1.54, 1.807) is 26.2 Å². The van der Waals surface area contributed by atoms with E-state index in [0.717, 1.165) is 34.9 Å². The van der Waals surface area contributed by atoms with Crippen LogP contribution in [0.1, 0.15) is 50.8 Å². The highest BCUT2D eigenvalue weighted by atomic mass is 19.1. The molecule has 2 aromatic heterocycles. The van der Waals surface area contributed by atoms with Crippen LogP contribution in [0.4, 0.5) is 4.39 Å². The van der Waals surface area contributed by atoms with E-state index in [1.807, 2.05) is 48.6 Å². The minimum absolute atomic E-state index is 0.0748. The number of nitrogens with one attached hydrogen (secondary N) is 1. The zero-order valence-electron chi connectivity index (χ0n) is 21.0. The number of aromatic nitrogens is 2. The Morgan fingerprint density at radius 1 is 1.26 bits per heavy atom. The molecule has 1 fully saturated rings. The summed E-state index contributed by atoms with van der Waals surface area (Å²) in [6, 6.07) is 8.55. The van der Waals surface area contributed by atoms with E-state index < -0.39 is 17.4 Å². The van der Waals surface area contributed by atoms with Crippen LogP contribution in [0.15, 0.2) is 42.7 Å². The first-order chi connectivity index (χ1) is 16.6. The molecule has 4 rings (SSSR count). The van der Waals surface area contributed by atoms with E-state index in [0.29, 0.717) is 12.4 Å². The number of aryl methyl sites for hydroxylation is 1. The van der Waals surface area contributed by atoms with Gasteiger partial charge in [-0.2, -0.15) is 0 Å². The summed E-state index contributed by atoms with van der Waals surface area (Å²) in [5.74, 6) is -0.864. The lowest BCUT2D eigenvalue weighted by atomic mass is 9.76. The van der Waals surface area contributed by atoms with E-state index in [1.165, 1.54) is 12.1 Å². The lowest BCUT2D eigenvalue weighted by Gasteiger charge is -2.39. The molecule has 1 aliphatic heterocycles. The third-order valence-electron chi connectivity index (χ3n) is 7.49. The molecule has 1 aliphatic rings. The zero-order chi connectivity index (χ0) is 25.5. The molecule has 2 amide bonds. The number of halogens is 1. The molecule has 0 bridgehead atoms. The number of amides is 2. The molecule has 3 aromatic rings. The van der Waals surface area contributed by atoms with E-state index in [2.05, 4.69) is 10.3 Å². The van der Waals surface area contributed by atoms with E-state index in [4.69, 9.17) is 5.73 Å². The van der Waals surface area contributed by atoms with Crippen LogP contribution in [0.2, 0.25) is 0 Å². The van der Waals surface area contributed by atoms with Gasteiger partial charge in [-0.3, -0.25) is 9.59 Å². The van der Waals surface area contributed by atoms with Gasteiger partial charge in [0, 0.05) is 24.3 Å². The van der Waals surface area contributed by atoms with Crippen molar-refractivity contribution in [2.75, 3.05) is 13.6 Å². The van der Waals surface area contributed by atoms with Crippen LogP contribution in [0.3, 0.4) is 0 Å². The number of hydrogen-bond donors (Lipinski definition) is 2. The van der Waals surface area contributed by atoms with Crippen molar-refractivity contribution >= 4 is 22.7 Å². The van der Waals surface area contributed by atoms with Gasteiger partial charge in [0.25, 0.3) is 0 Å². The van der Waals surface area contributed by atoms with Gasteiger partial charge in [0.15, 0.2) is 0 Å². The summed E-state index contributed by atoms with van der Waals surface area (Å²) < 4.78 is 15.8. The fourth-order valence-electron chi connectivity index (χ4n) is 5.52. The second-order valence-corrected chi connectivity index (χ2v) is 10.0. The Bertz CT molecular complexity index is 1270. The lowest BCUT2D eigenvalue weighted by Crippen LogP contribution is -2.62. The number of carbonyl (C=O) groups excluding carboxylic acids is 2. The number of likely N-dealkylation sites (tertiary alicyclic amines) is 1. The normalized spacial score (nSPS) is 18.7. The number of benzene rings is 1. The molecule has 8 heteroatoms. The first-order valence-electron chi connectivity index (χ1n) is 12.1. The minimum atomic E-state index is -1.15. The smallest absolute Gasteiger partial charge is 0.238 e. The predicted molar refractivity (Wildman–Crippen MR) is 134 cm³/mol. The summed E-state index contributed by atoms with van der Waals surface area (Å²) in [5.41, 5.74) is 7.40. The van der Waals surface area contributed by atoms with Crippen LogP contribution in [0, 0.1) is 24.6 Å². The van der Waals surface area contributed by atoms with Crippen LogP contribution >= 0.6 is 0 Å². The van der Waals surface area contributed by atoms with Crippen molar-refractivity contribution in [1.29, 1.82) is 0 Å². The molecule has 0 saturated carbocycles. The first-order valence-corrected chi connectivity index (χ1v) is 12.1. The number of hydrogen-bond acceptors (Lipinski definition) is 4. The Morgan fingerprint density at radius 2 is 2.00 bits per heavy atom. The Morgan fingerprint density at radius 3 is 2.66 bits per heavy atom. The number of carbonyl (C=O) groups is 2. The van der Waals surface area contributed by atoms with E-state index >= 15 is 0 Å². The summed E-state index contributed by atoms with van der Waals surface area (Å²) in [6.07, 6.45) is 5.39. The van der Waals surface area contributed by atoms with Crippen molar-refractivity contribution in [3.8, 4) is 5.82 Å². The van der Waals surface area contributed by atoms with Gasteiger partial charge in [0.1, 0.15) is 17.2 Å². The lowest BCUT2D eigenvalue weighted by molar-refractivity contribution is -0.145. The highest BCUT2D eigenvalue weighted by Gasteiger charge is 2.47. The van der Waals surface area contributed by atoms with Crippen LogP contribution in [0.25, 0.3) is 16.7 Å². The highest BCUT2D eigenvalue weighted by molar-refractivity contribution is 5.93. The average Bonchev–Trinajstić information content (AvgIpc) is 3.44. The fraction of sp³-hybridized carbons (Fsp3) is 0.444. The maximum absolute atomic E-state index is 13.9. The topological polar surface area (TPSA) is 93.2 Å². The van der Waals surface area contributed by atoms with Crippen LogP contribution in [-0.4, -0.2) is 45.4 Å². The summed E-state index contributed by atoms with van der Waals surface area (Å²) in [5, 5.41) is 3.85. The van der Waals surface area contributed by atoms with Gasteiger partial charge in [-0.25, -0.2) is 9.37 Å². The number of fused-ring (bicyclic) bond motifs is 1. The Balaban J connectivity index is 1.70. The second-order valence-electron chi connectivity index (χ2n) is 10.0. The van der Waals surface area contributed by atoms with Gasteiger partial charge >= 0.3 is 0 Å². The molecule has 7 nitrogen and oxygen atoms in total. The van der Waals surface area contributed by atoms with Crippen molar-refractivity contribution in [1.82, 2.24) is 19.8 Å². The standard InChI is InChI=1S/C27H34FN5O2/c1-16(2)24(27(4,30-5)26(29)35)25(34)32-12-6-7-21(32)18-10-11-31-23(13-18)33-15-17(3)20-14-19(28)8-9-22(20)33/h8-11,13-16,21,24,30H,6-7,12H2,1-5H3,(H2,29,35)/t21-,24+,27?/m0/s1. The molecular formula is C27H34FN5O2. The van der Waals surface area contributed by atoms with Crippen molar-refractivity contribution in [3.63, 3.8) is 0 Å². The molecule has 1 unspecified atom stereocenters. The molecule has 1 saturated heterocycles. The maximum Gasteiger partial charge on any atom is 0.238 e. The molecule has 35 heavy (non-hydrogen) atoms. The van der Waals surface area contributed by atoms with Gasteiger partial charge in [-0.1, -0.05) is 13.8 Å². The summed E-state index contributed by atoms with van der Waals surface area (Å²) in [7, 11) is 1.67. The van der Waals surface area contributed by atoms with E-state index in [-0.39, 0.29) is 23.7 Å². The summed E-state index contributed by atoms with van der Waals surface area (Å²) in [4.78, 5) is 32.7. The van der Waals surface area contributed by atoms with Crippen molar-refractivity contribution in [3.05, 3.63) is 59.7 Å². The van der Waals surface area contributed by atoms with Crippen LogP contribution < -0.4 is 11.1 Å². The van der Waals surface area contributed by atoms with E-state index in [9.17, 15) is 14.0 Å². The Kier molecular flexibility index (Phi) is 6.68. The average molecular weight is 480 g/mol. The molecule has 186 valence electrons. The molecular weight excluding hydrogens is 445 g/mol. The van der Waals surface area contributed by atoms with Crippen LogP contribution in [-0.2, 0) is 9.59 Å². The largest absolute Gasteiger partial charge is 0.368 e. The van der Waals surface area contributed by atoms with Crippen LogP contribution in [0.5, 0.6) is 0 Å². The summed E-state index contributed by atoms with van der Waals surface area (Å²) in [6.45, 7) is 8.16. The van der Waals surface area contributed by atoms with Gasteiger partial charge < -0.3 is 20.5 Å².